The summed E-state index contributed by atoms with van der Waals surface area (Å²) in [6.07, 6.45) is 30.4. The van der Waals surface area contributed by atoms with Crippen molar-refractivity contribution < 1.29 is 9.14 Å². The lowest BCUT2D eigenvalue weighted by Gasteiger charge is -2.11. The van der Waals surface area contributed by atoms with Crippen molar-refractivity contribution in [1.82, 2.24) is 4.57 Å². The molecule has 0 aromatic carbocycles. The highest BCUT2D eigenvalue weighted by atomic mass is 15.1. The maximum atomic E-state index is 2.42. The van der Waals surface area contributed by atoms with Crippen molar-refractivity contribution in [1.29, 1.82) is 0 Å². The van der Waals surface area contributed by atoms with E-state index < -0.39 is 0 Å². The Labute approximate surface area is 167 Å². The zero-order valence-corrected chi connectivity index (χ0v) is 18.0. The molecule has 0 bridgehead atoms. The van der Waals surface area contributed by atoms with Gasteiger partial charge in [-0.2, -0.15) is 0 Å². The van der Waals surface area contributed by atoms with E-state index in [1.807, 2.05) is 0 Å². The minimum Gasteiger partial charge on any atom is -0.237 e. The normalized spacial score (nSPS) is 16.7. The second-order valence-corrected chi connectivity index (χ2v) is 8.16. The number of allylic oxidation sites excluding steroid dienone is 1. The lowest BCUT2D eigenvalue weighted by atomic mass is 9.96. The van der Waals surface area contributed by atoms with E-state index in [1.54, 1.807) is 0 Å². The van der Waals surface area contributed by atoms with Gasteiger partial charge in [-0.05, 0) is 45.1 Å². The summed E-state index contributed by atoms with van der Waals surface area (Å²) in [6, 6.07) is 0. The fourth-order valence-electron chi connectivity index (χ4n) is 3.96. The molecule has 1 aliphatic heterocycles. The van der Waals surface area contributed by atoms with Crippen LogP contribution in [0.5, 0.6) is 0 Å². The van der Waals surface area contributed by atoms with Crippen LogP contribution in [-0.4, -0.2) is 21.9 Å². The van der Waals surface area contributed by atoms with Crippen LogP contribution in [0.3, 0.4) is 0 Å². The molecule has 1 aliphatic rings. The number of unbranched alkanes of at least 4 members (excludes halogenated alkanes) is 9. The number of nitrogens with zero attached hydrogens (tertiary/aromatic N) is 3. The first-order valence-corrected chi connectivity index (χ1v) is 11.6. The van der Waals surface area contributed by atoms with Gasteiger partial charge in [0.05, 0.1) is 13.1 Å². The van der Waals surface area contributed by atoms with Crippen LogP contribution in [0, 0.1) is 5.92 Å². The average Bonchev–Trinajstić information content (AvgIpc) is 3.17. The molecule has 0 radical (unpaired) electrons. The number of imidazole rings is 1. The van der Waals surface area contributed by atoms with E-state index in [0.29, 0.717) is 0 Å². The fourth-order valence-corrected chi connectivity index (χ4v) is 3.96. The molecule has 27 heavy (non-hydrogen) atoms. The van der Waals surface area contributed by atoms with Crippen molar-refractivity contribution >= 4 is 6.21 Å². The molecular weight excluding hydrogens is 330 g/mol. The molecule has 0 amide bonds. The van der Waals surface area contributed by atoms with E-state index in [4.69, 9.17) is 0 Å². The lowest BCUT2D eigenvalue weighted by Crippen LogP contribution is -2.30. The molecule has 2 heterocycles. The van der Waals surface area contributed by atoms with Gasteiger partial charge in [-0.25, -0.2) is 13.7 Å². The summed E-state index contributed by atoms with van der Waals surface area (Å²) in [4.78, 5) is 0. The third kappa shape index (κ3) is 9.39. The molecule has 3 nitrogen and oxygen atoms in total. The Morgan fingerprint density at radius 2 is 1.56 bits per heavy atom. The van der Waals surface area contributed by atoms with Crippen LogP contribution in [0.1, 0.15) is 90.9 Å². The number of aryl methyl sites for hydroxylation is 2. The topological polar surface area (TPSA) is 11.8 Å². The van der Waals surface area contributed by atoms with Crippen molar-refractivity contribution in [3.05, 3.63) is 31.0 Å². The Morgan fingerprint density at radius 3 is 2.11 bits per heavy atom. The first-order chi connectivity index (χ1) is 13.3. The molecule has 0 saturated carbocycles. The number of rotatable bonds is 15. The van der Waals surface area contributed by atoms with Gasteiger partial charge in [-0.1, -0.05) is 51.4 Å². The molecule has 0 spiro atoms. The lowest BCUT2D eigenvalue weighted by molar-refractivity contribution is -0.696. The summed E-state index contributed by atoms with van der Waals surface area (Å²) in [5, 5.41) is 0. The van der Waals surface area contributed by atoms with Gasteiger partial charge in [0.15, 0.2) is 6.20 Å². The third-order valence-electron chi connectivity index (χ3n) is 5.91. The van der Waals surface area contributed by atoms with E-state index in [2.05, 4.69) is 64.8 Å². The molecule has 152 valence electrons. The van der Waals surface area contributed by atoms with Crippen LogP contribution in [0.25, 0.3) is 0 Å². The maximum Gasteiger partial charge on any atom is 0.243 e. The smallest absolute Gasteiger partial charge is 0.237 e. The van der Waals surface area contributed by atoms with E-state index in [9.17, 15) is 0 Å². The quantitative estimate of drug-likeness (QED) is 0.275. The van der Waals surface area contributed by atoms with Crippen LogP contribution in [0.4, 0.5) is 0 Å². The molecule has 0 saturated heterocycles. The summed E-state index contributed by atoms with van der Waals surface area (Å²) in [5.41, 5.74) is 0. The first-order valence-electron chi connectivity index (χ1n) is 11.6. The molecule has 1 aromatic rings. The van der Waals surface area contributed by atoms with Crippen LogP contribution >= 0.6 is 0 Å². The van der Waals surface area contributed by atoms with Gasteiger partial charge in [-0.3, -0.25) is 0 Å². The Morgan fingerprint density at radius 1 is 0.889 bits per heavy atom. The standard InChI is InChI=1S/C24H43N3/c1-3-25-19-16-24(17-20-25)15-13-11-9-7-5-6-8-10-12-14-18-27-22-21-26(4-2)23-27/h16,19-24H,3-15,17-18H2,1-2H3/q+2. The number of hydrogen-bond acceptors (Lipinski definition) is 0. The van der Waals surface area contributed by atoms with E-state index in [1.165, 1.54) is 83.6 Å². The van der Waals surface area contributed by atoms with Crippen LogP contribution in [-0.2, 0) is 13.1 Å². The van der Waals surface area contributed by atoms with Crippen molar-refractivity contribution in [3.63, 3.8) is 0 Å². The molecule has 1 unspecified atom stereocenters. The average molecular weight is 374 g/mol. The minimum absolute atomic E-state index is 0.798. The highest BCUT2D eigenvalue weighted by molar-refractivity contribution is 5.53. The molecule has 3 heteroatoms. The number of hydrogen-bond donors (Lipinski definition) is 0. The van der Waals surface area contributed by atoms with Gasteiger partial charge in [0.25, 0.3) is 0 Å². The molecule has 1 aromatic heterocycles. The maximum absolute atomic E-state index is 2.42. The van der Waals surface area contributed by atoms with E-state index in [0.717, 1.165) is 19.0 Å². The van der Waals surface area contributed by atoms with E-state index in [-0.39, 0.29) is 0 Å². The van der Waals surface area contributed by atoms with Crippen LogP contribution in [0.15, 0.2) is 31.0 Å². The second kappa shape index (κ2) is 13.7. The first kappa shape index (κ1) is 21.9. The molecule has 0 N–H and O–H groups in total. The number of aromatic nitrogens is 2. The van der Waals surface area contributed by atoms with E-state index >= 15 is 0 Å². The van der Waals surface area contributed by atoms with Gasteiger partial charge in [-0.15, -0.1) is 0 Å². The van der Waals surface area contributed by atoms with Gasteiger partial charge < -0.3 is 0 Å². The Hall–Kier alpha value is -1.38. The highest BCUT2D eigenvalue weighted by Crippen LogP contribution is 2.18. The molecular formula is C24H43N3+2. The predicted octanol–water partition coefficient (Wildman–Crippen LogP) is 5.72. The van der Waals surface area contributed by atoms with Gasteiger partial charge >= 0.3 is 0 Å². The second-order valence-electron chi connectivity index (χ2n) is 8.16. The zero-order valence-electron chi connectivity index (χ0n) is 18.0. The summed E-state index contributed by atoms with van der Waals surface area (Å²) in [7, 11) is 0. The van der Waals surface area contributed by atoms with Crippen molar-refractivity contribution in [2.45, 2.75) is 104 Å². The summed E-state index contributed by atoms with van der Waals surface area (Å²) < 4.78 is 6.87. The largest absolute Gasteiger partial charge is 0.243 e. The van der Waals surface area contributed by atoms with Gasteiger partial charge in [0.2, 0.25) is 6.33 Å². The van der Waals surface area contributed by atoms with Crippen molar-refractivity contribution in [3.8, 4) is 0 Å². The highest BCUT2D eigenvalue weighted by Gasteiger charge is 2.11. The SMILES string of the molecule is CCn1cc[n+](CCCCCCCCCCCCC2C=C[N+](CC)=CC2)c1. The predicted molar refractivity (Wildman–Crippen MR) is 115 cm³/mol. The van der Waals surface area contributed by atoms with Crippen molar-refractivity contribution in [2.24, 2.45) is 5.92 Å². The van der Waals surface area contributed by atoms with Crippen LogP contribution < -0.4 is 4.57 Å². The molecule has 0 fully saturated rings. The molecule has 2 rings (SSSR count). The van der Waals surface area contributed by atoms with Crippen LogP contribution in [0.2, 0.25) is 0 Å². The zero-order chi connectivity index (χ0) is 19.2. The minimum atomic E-state index is 0.798. The molecule has 0 aliphatic carbocycles. The monoisotopic (exact) mass is 373 g/mol. The Bertz CT molecular complexity index is 556. The molecule has 1 atom stereocenters. The Kier molecular flexibility index (Phi) is 11.2. The summed E-state index contributed by atoms with van der Waals surface area (Å²) in [6.45, 7) is 7.76. The Balaban J connectivity index is 1.32. The summed E-state index contributed by atoms with van der Waals surface area (Å²) in [5.74, 6) is 0.798. The van der Waals surface area contributed by atoms with Crippen molar-refractivity contribution in [2.75, 3.05) is 6.54 Å². The van der Waals surface area contributed by atoms with Gasteiger partial charge in [0.1, 0.15) is 25.2 Å². The third-order valence-corrected chi connectivity index (χ3v) is 5.91. The fraction of sp³-hybridized carbons (Fsp3) is 0.750. The van der Waals surface area contributed by atoms with Gasteiger partial charge in [0, 0.05) is 6.42 Å². The summed E-state index contributed by atoms with van der Waals surface area (Å²) >= 11 is 0.